The molecule has 0 atom stereocenters. The van der Waals surface area contributed by atoms with Crippen molar-refractivity contribution in [2.45, 2.75) is 23.4 Å². The van der Waals surface area contributed by atoms with E-state index >= 15 is 0 Å². The second-order valence-electron chi connectivity index (χ2n) is 8.47. The van der Waals surface area contributed by atoms with Crippen LogP contribution in [0.25, 0.3) is 11.3 Å². The first-order valence-electron chi connectivity index (χ1n) is 11.9. The summed E-state index contributed by atoms with van der Waals surface area (Å²) < 4.78 is 43.7. The first-order valence-corrected chi connectivity index (χ1v) is 13.6. The third-order valence-corrected chi connectivity index (χ3v) is 7.27. The van der Waals surface area contributed by atoms with Gasteiger partial charge in [-0.1, -0.05) is 12.1 Å². The highest BCUT2D eigenvalue weighted by Gasteiger charge is 2.29. The fourth-order valence-electron chi connectivity index (χ4n) is 3.71. The van der Waals surface area contributed by atoms with Crippen LogP contribution in [0.1, 0.15) is 22.3 Å². The van der Waals surface area contributed by atoms with Crippen molar-refractivity contribution in [1.82, 2.24) is 10.3 Å². The van der Waals surface area contributed by atoms with Crippen LogP contribution in [0.5, 0.6) is 5.75 Å². The average Bonchev–Trinajstić information content (AvgIpc) is 3.41. The molecule has 0 fully saturated rings. The lowest BCUT2D eigenvalue weighted by Gasteiger charge is -2.23. The number of carbonyl (C=O) groups excluding carboxylic acids is 1. The summed E-state index contributed by atoms with van der Waals surface area (Å²) in [5, 5.41) is 13.8. The summed E-state index contributed by atoms with van der Waals surface area (Å²) >= 11 is 1.22. The molecule has 4 rings (SSSR count). The van der Waals surface area contributed by atoms with Gasteiger partial charge in [-0.05, 0) is 78.0 Å². The largest absolute Gasteiger partial charge is 0.497 e. The van der Waals surface area contributed by atoms with Gasteiger partial charge in [0.05, 0.1) is 25.8 Å². The summed E-state index contributed by atoms with van der Waals surface area (Å²) in [6.07, 6.45) is -0.175. The number of carbonyl (C=O) groups is 2. The molecule has 7 nitrogen and oxygen atoms in total. The smallest absolute Gasteiger partial charge is 0.446 e. The molecule has 4 aromatic rings. The zero-order valence-corrected chi connectivity index (χ0v) is 22.8. The van der Waals surface area contributed by atoms with Crippen LogP contribution in [-0.4, -0.2) is 41.1 Å². The van der Waals surface area contributed by atoms with Gasteiger partial charge >= 0.3 is 11.5 Å². The Balaban J connectivity index is 1.58. The van der Waals surface area contributed by atoms with Crippen molar-refractivity contribution in [3.8, 4) is 17.0 Å². The number of carboxylic acid groups (broad SMARTS) is 1. The van der Waals surface area contributed by atoms with Gasteiger partial charge in [0.15, 0.2) is 5.13 Å². The van der Waals surface area contributed by atoms with E-state index in [1.165, 1.54) is 23.5 Å². The van der Waals surface area contributed by atoms with Gasteiger partial charge in [-0.2, -0.15) is 13.2 Å². The van der Waals surface area contributed by atoms with Gasteiger partial charge in [0.2, 0.25) is 0 Å². The van der Waals surface area contributed by atoms with E-state index in [-0.39, 0.29) is 35.5 Å². The highest BCUT2D eigenvalue weighted by Crippen LogP contribution is 2.39. The van der Waals surface area contributed by atoms with Gasteiger partial charge in [0, 0.05) is 33.6 Å². The van der Waals surface area contributed by atoms with E-state index in [4.69, 9.17) is 14.8 Å². The number of hydrogen-bond donors (Lipinski definition) is 2. The maximum absolute atomic E-state index is 12.8. The third-order valence-electron chi connectivity index (χ3n) is 5.67. The molecule has 0 spiro atoms. The van der Waals surface area contributed by atoms with E-state index in [2.05, 4.69) is 5.32 Å². The first kappa shape index (κ1) is 29.0. The maximum atomic E-state index is 12.8. The van der Waals surface area contributed by atoms with Crippen LogP contribution in [0.4, 0.5) is 24.0 Å². The number of amides is 1. The SMILES string of the molecule is COc1ccc(-c2csc(N(Cc3ccc(C(=O)NCCC(=O)O)cc3)c3ccc(SC(F)(F)F)cc3)n2)cc1. The van der Waals surface area contributed by atoms with Gasteiger partial charge in [0.25, 0.3) is 5.91 Å². The Morgan fingerprint density at radius 2 is 1.70 bits per heavy atom. The van der Waals surface area contributed by atoms with Crippen LogP contribution in [0.15, 0.2) is 83.1 Å². The minimum absolute atomic E-state index is 0.0207. The van der Waals surface area contributed by atoms with Crippen LogP contribution in [-0.2, 0) is 11.3 Å². The molecule has 0 saturated heterocycles. The number of nitrogens with zero attached hydrogens (tertiary/aromatic N) is 2. The summed E-state index contributed by atoms with van der Waals surface area (Å²) in [5.74, 6) is -0.666. The van der Waals surface area contributed by atoms with Crippen molar-refractivity contribution < 1.29 is 32.6 Å². The van der Waals surface area contributed by atoms with E-state index in [0.717, 1.165) is 22.6 Å². The molecule has 0 aliphatic rings. The number of hydrogen-bond acceptors (Lipinski definition) is 7. The van der Waals surface area contributed by atoms with Crippen molar-refractivity contribution in [2.75, 3.05) is 18.6 Å². The Hall–Kier alpha value is -4.03. The van der Waals surface area contributed by atoms with Gasteiger partial charge in [-0.15, -0.1) is 11.3 Å². The Labute approximate surface area is 236 Å². The van der Waals surface area contributed by atoms with E-state index in [0.29, 0.717) is 22.9 Å². The second-order valence-corrected chi connectivity index (χ2v) is 10.4. The summed E-state index contributed by atoms with van der Waals surface area (Å²) in [7, 11) is 1.59. The molecule has 0 aliphatic carbocycles. The van der Waals surface area contributed by atoms with Crippen molar-refractivity contribution >= 4 is 45.8 Å². The van der Waals surface area contributed by atoms with Crippen molar-refractivity contribution in [1.29, 1.82) is 0 Å². The van der Waals surface area contributed by atoms with Crippen LogP contribution >= 0.6 is 23.1 Å². The fourth-order valence-corrected chi connectivity index (χ4v) is 5.10. The summed E-state index contributed by atoms with van der Waals surface area (Å²) in [6, 6.07) is 20.3. The van der Waals surface area contributed by atoms with Crippen molar-refractivity contribution in [3.63, 3.8) is 0 Å². The van der Waals surface area contributed by atoms with Crippen LogP contribution < -0.4 is 15.0 Å². The normalized spacial score (nSPS) is 11.2. The average molecular weight is 588 g/mol. The number of thiazole rings is 1. The van der Waals surface area contributed by atoms with Gasteiger partial charge in [-0.25, -0.2) is 4.98 Å². The summed E-state index contributed by atoms with van der Waals surface area (Å²) in [4.78, 5) is 29.7. The van der Waals surface area contributed by atoms with E-state index in [1.54, 1.807) is 43.5 Å². The van der Waals surface area contributed by atoms with Crippen molar-refractivity contribution in [3.05, 3.63) is 89.3 Å². The number of aliphatic carboxylic acids is 1. The number of anilines is 2. The molecule has 0 unspecified atom stereocenters. The zero-order chi connectivity index (χ0) is 28.7. The lowest BCUT2D eigenvalue weighted by molar-refractivity contribution is -0.136. The molecule has 0 bridgehead atoms. The molecule has 2 N–H and O–H groups in total. The van der Waals surface area contributed by atoms with Crippen molar-refractivity contribution in [2.24, 2.45) is 0 Å². The topological polar surface area (TPSA) is 91.8 Å². The Kier molecular flexibility index (Phi) is 9.33. The van der Waals surface area contributed by atoms with Gasteiger partial charge in [-0.3, -0.25) is 9.59 Å². The Morgan fingerprint density at radius 1 is 1.02 bits per heavy atom. The molecule has 1 amide bonds. The number of aromatic nitrogens is 1. The maximum Gasteiger partial charge on any atom is 0.446 e. The number of thioether (sulfide) groups is 1. The number of methoxy groups -OCH3 is 1. The predicted molar refractivity (Wildman–Crippen MR) is 149 cm³/mol. The summed E-state index contributed by atoms with van der Waals surface area (Å²) in [5.41, 5.74) is -0.894. The predicted octanol–water partition coefficient (Wildman–Crippen LogP) is 6.97. The Morgan fingerprint density at radius 3 is 2.30 bits per heavy atom. The monoisotopic (exact) mass is 587 g/mol. The third kappa shape index (κ3) is 7.99. The van der Waals surface area contributed by atoms with Crippen LogP contribution in [0, 0.1) is 0 Å². The number of ether oxygens (including phenoxy) is 1. The molecule has 40 heavy (non-hydrogen) atoms. The highest BCUT2D eigenvalue weighted by atomic mass is 32.2. The molecular weight excluding hydrogens is 563 g/mol. The first-order chi connectivity index (χ1) is 19.1. The number of halogens is 3. The van der Waals surface area contributed by atoms with E-state index in [9.17, 15) is 22.8 Å². The number of nitrogens with one attached hydrogen (secondary N) is 1. The van der Waals surface area contributed by atoms with Gasteiger partial charge in [0.1, 0.15) is 5.75 Å². The quantitative estimate of drug-likeness (QED) is 0.183. The molecule has 0 aliphatic heterocycles. The number of alkyl halides is 3. The lowest BCUT2D eigenvalue weighted by atomic mass is 10.1. The molecule has 1 aromatic heterocycles. The van der Waals surface area contributed by atoms with Gasteiger partial charge < -0.3 is 20.1 Å². The molecular formula is C28H24F3N3O4S2. The lowest BCUT2D eigenvalue weighted by Crippen LogP contribution is -2.26. The number of benzene rings is 3. The molecule has 208 valence electrons. The minimum Gasteiger partial charge on any atom is -0.497 e. The molecule has 1 heterocycles. The minimum atomic E-state index is -4.38. The standard InChI is InChI=1S/C28H24F3N3O4S2/c1-38-22-10-6-19(7-11-22)24-17-39-27(33-24)34(21-8-12-23(13-9-21)40-28(29,30)31)16-18-2-4-20(5-3-18)26(37)32-15-14-25(35)36/h2-13,17H,14-16H2,1H3,(H,32,37)(H,35,36). The molecule has 0 radical (unpaired) electrons. The summed E-state index contributed by atoms with van der Waals surface area (Å²) in [6.45, 7) is 0.356. The number of rotatable bonds is 11. The molecule has 12 heteroatoms. The second kappa shape index (κ2) is 12.9. The zero-order valence-electron chi connectivity index (χ0n) is 21.1. The van der Waals surface area contributed by atoms with E-state index in [1.807, 2.05) is 34.5 Å². The fraction of sp³-hybridized carbons (Fsp3) is 0.179. The molecule has 0 saturated carbocycles. The highest BCUT2D eigenvalue weighted by molar-refractivity contribution is 8.00. The van der Waals surface area contributed by atoms with Crippen LogP contribution in [0.2, 0.25) is 0 Å². The van der Waals surface area contributed by atoms with E-state index < -0.39 is 11.5 Å². The van der Waals surface area contributed by atoms with Crippen LogP contribution in [0.3, 0.4) is 0 Å². The Bertz CT molecular complexity index is 1440. The number of carboxylic acids is 1. The molecule has 3 aromatic carbocycles.